The molecule has 0 unspecified atom stereocenters. The topological polar surface area (TPSA) is 292 Å². The third-order valence-electron chi connectivity index (χ3n) is 9.83. The quantitative estimate of drug-likeness (QED) is 0.0651. The predicted molar refractivity (Wildman–Crippen MR) is 234 cm³/mol. The number of sulfonamides is 1. The number of esters is 1. The van der Waals surface area contributed by atoms with E-state index < -0.39 is 96.1 Å². The number of hydrogen-bond acceptors (Lipinski definition) is 13. The number of amides is 4. The van der Waals surface area contributed by atoms with Crippen LogP contribution in [0, 0.1) is 13.8 Å². The van der Waals surface area contributed by atoms with E-state index in [-0.39, 0.29) is 36.9 Å². The van der Waals surface area contributed by atoms with Crippen LogP contribution in [-0.4, -0.2) is 148 Å². The number of methoxy groups -OCH3 is 2. The van der Waals surface area contributed by atoms with Crippen molar-refractivity contribution in [3.63, 3.8) is 0 Å². The Bertz CT molecular complexity index is 2210. The number of benzene rings is 2. The first-order chi connectivity index (χ1) is 29.8. The molecular formula is C42H62N8O13S. The molecule has 22 heteroatoms. The zero-order chi connectivity index (χ0) is 48.2. The third kappa shape index (κ3) is 15.6. The predicted octanol–water partition coefficient (Wildman–Crippen LogP) is 0.595. The van der Waals surface area contributed by atoms with Gasteiger partial charge < -0.3 is 60.9 Å². The fraction of sp³-hybridized carbons (Fsp3) is 0.548. The minimum absolute atomic E-state index is 0.00462. The van der Waals surface area contributed by atoms with Crippen LogP contribution in [0.1, 0.15) is 69.7 Å². The van der Waals surface area contributed by atoms with Gasteiger partial charge >= 0.3 is 11.9 Å². The summed E-state index contributed by atoms with van der Waals surface area (Å²) in [5.41, 5.74) is 13.2. The summed E-state index contributed by atoms with van der Waals surface area (Å²) in [6.07, 6.45) is 1.40. The number of ether oxygens (including phenoxy) is 4. The molecule has 7 N–H and O–H groups in total. The Morgan fingerprint density at radius 3 is 2.12 bits per heavy atom. The molecule has 0 fully saturated rings. The van der Waals surface area contributed by atoms with Gasteiger partial charge in [-0.1, -0.05) is 0 Å². The summed E-state index contributed by atoms with van der Waals surface area (Å²) in [6, 6.07) is 6.76. The number of carboxylic acid groups (broad SMARTS) is 1. The first-order valence-electron chi connectivity index (χ1n) is 20.4. The van der Waals surface area contributed by atoms with Crippen molar-refractivity contribution >= 4 is 51.6 Å². The summed E-state index contributed by atoms with van der Waals surface area (Å²) in [6.45, 7) is 8.19. The molecule has 2 aromatic rings. The minimum atomic E-state index is -4.39. The Balaban J connectivity index is 1.84. The van der Waals surface area contributed by atoms with E-state index in [0.29, 0.717) is 46.8 Å². The van der Waals surface area contributed by atoms with E-state index >= 15 is 0 Å². The zero-order valence-corrected chi connectivity index (χ0v) is 38.8. The Morgan fingerprint density at radius 1 is 0.906 bits per heavy atom. The maximum Gasteiger partial charge on any atom is 0.326 e. The number of aliphatic carboxylic acids is 1. The van der Waals surface area contributed by atoms with Crippen molar-refractivity contribution in [3.05, 3.63) is 46.5 Å². The van der Waals surface area contributed by atoms with Gasteiger partial charge in [-0.25, -0.2) is 0 Å². The number of carbonyl (C=O) groups excluding carboxylic acids is 5. The average molecular weight is 919 g/mol. The molecule has 0 atom stereocenters. The van der Waals surface area contributed by atoms with Crippen LogP contribution in [0.25, 0.3) is 0 Å². The number of rotatable bonds is 21. The number of fused-ring (bicyclic) bond motifs is 1. The highest BCUT2D eigenvalue weighted by Gasteiger charge is 2.32. The molecule has 1 heterocycles. The van der Waals surface area contributed by atoms with Gasteiger partial charge in [0.05, 0.1) is 38.7 Å². The molecular weight excluding hydrogens is 857 g/mol. The van der Waals surface area contributed by atoms with Crippen molar-refractivity contribution in [2.24, 2.45) is 15.9 Å². The van der Waals surface area contributed by atoms with Crippen molar-refractivity contribution in [1.82, 2.24) is 25.3 Å². The van der Waals surface area contributed by atoms with Gasteiger partial charge in [0.1, 0.15) is 48.1 Å². The van der Waals surface area contributed by atoms with Gasteiger partial charge in [0.15, 0.2) is 0 Å². The van der Waals surface area contributed by atoms with Gasteiger partial charge in [-0.2, -0.15) is 8.42 Å². The summed E-state index contributed by atoms with van der Waals surface area (Å²) in [5.74, 6) is -4.17. The normalized spacial score (nSPS) is 13.4. The van der Waals surface area contributed by atoms with Crippen molar-refractivity contribution in [2.45, 2.75) is 90.4 Å². The van der Waals surface area contributed by atoms with E-state index in [1.807, 2.05) is 13.8 Å². The molecule has 0 bridgehead atoms. The molecule has 21 nitrogen and oxygen atoms in total. The molecule has 354 valence electrons. The van der Waals surface area contributed by atoms with Crippen LogP contribution in [0.4, 0.5) is 0 Å². The molecule has 0 saturated carbocycles. The van der Waals surface area contributed by atoms with E-state index in [4.69, 9.17) is 35.5 Å². The standard InChI is InChI=1S/C42H62N8O13S/c1-26-17-32-30(13-14-42(6,7)62-32)27(2)39(26)64(58,59)47-40(44)49(22-28-11-12-29(60-8)18-31(28)61-9)16-10-15-48(35(53)19-43)23-33(51)45-20-36(54)50(24-34(52)46-21-37(55)56)25-38(57)63-41(3,4)5/h11-12,17-18H,10,13-16,19-25,43H2,1-9H3,(H2,44,47)(H,45,51)(H,46,52)(H,55,56). The second-order valence-corrected chi connectivity index (χ2v) is 18.2. The first kappa shape index (κ1) is 52.2. The summed E-state index contributed by atoms with van der Waals surface area (Å²) >= 11 is 0. The van der Waals surface area contributed by atoms with Crippen molar-refractivity contribution in [1.29, 1.82) is 0 Å². The largest absolute Gasteiger partial charge is 0.497 e. The first-order valence-corrected chi connectivity index (χ1v) is 21.8. The number of guanidine groups is 1. The Hall–Kier alpha value is -6.16. The van der Waals surface area contributed by atoms with E-state index in [2.05, 4.69) is 15.0 Å². The molecule has 0 saturated heterocycles. The average Bonchev–Trinajstić information content (AvgIpc) is 3.19. The van der Waals surface area contributed by atoms with Crippen LogP contribution in [-0.2, 0) is 56.5 Å². The lowest BCUT2D eigenvalue weighted by Crippen LogP contribution is -2.50. The van der Waals surface area contributed by atoms with Crippen molar-refractivity contribution < 1.29 is 61.2 Å². The third-order valence-corrected chi connectivity index (χ3v) is 11.4. The van der Waals surface area contributed by atoms with E-state index in [0.717, 1.165) is 15.4 Å². The lowest BCUT2D eigenvalue weighted by atomic mass is 9.91. The number of nitrogens with one attached hydrogen (secondary N) is 2. The second-order valence-electron chi connectivity index (χ2n) is 16.7. The van der Waals surface area contributed by atoms with Gasteiger partial charge in [-0.05, 0) is 103 Å². The van der Waals surface area contributed by atoms with Crippen LogP contribution in [0.5, 0.6) is 17.2 Å². The fourth-order valence-corrected chi connectivity index (χ4v) is 8.21. The van der Waals surface area contributed by atoms with Crippen LogP contribution in [0.2, 0.25) is 0 Å². The van der Waals surface area contributed by atoms with Gasteiger partial charge in [-0.15, -0.1) is 4.40 Å². The Kier molecular flexibility index (Phi) is 18.3. The van der Waals surface area contributed by atoms with Crippen LogP contribution < -0.4 is 36.3 Å². The smallest absolute Gasteiger partial charge is 0.326 e. The molecule has 64 heavy (non-hydrogen) atoms. The number of nitrogens with two attached hydrogens (primary N) is 2. The summed E-state index contributed by atoms with van der Waals surface area (Å²) in [5, 5.41) is 13.4. The highest BCUT2D eigenvalue weighted by Crippen LogP contribution is 2.39. The molecule has 2 aromatic carbocycles. The highest BCUT2D eigenvalue weighted by molar-refractivity contribution is 7.90. The van der Waals surface area contributed by atoms with Gasteiger partial charge in [-0.3, -0.25) is 28.8 Å². The van der Waals surface area contributed by atoms with Crippen LogP contribution in [0.15, 0.2) is 33.6 Å². The molecule has 0 aromatic heterocycles. The summed E-state index contributed by atoms with van der Waals surface area (Å²) in [7, 11) is -1.43. The number of hydrogen-bond donors (Lipinski definition) is 5. The highest BCUT2D eigenvalue weighted by atomic mass is 32.2. The molecule has 0 aliphatic carbocycles. The van der Waals surface area contributed by atoms with E-state index in [1.54, 1.807) is 58.9 Å². The lowest BCUT2D eigenvalue weighted by Gasteiger charge is -2.34. The zero-order valence-electron chi connectivity index (χ0n) is 38.0. The molecule has 0 spiro atoms. The fourth-order valence-electron chi connectivity index (χ4n) is 6.78. The molecule has 0 radical (unpaired) electrons. The minimum Gasteiger partial charge on any atom is -0.497 e. The number of aryl methyl sites for hydroxylation is 1. The van der Waals surface area contributed by atoms with Crippen LogP contribution >= 0.6 is 0 Å². The number of carbonyl (C=O) groups is 6. The Morgan fingerprint density at radius 2 is 1.53 bits per heavy atom. The van der Waals surface area contributed by atoms with Gasteiger partial charge in [0.2, 0.25) is 29.6 Å². The lowest BCUT2D eigenvalue weighted by molar-refractivity contribution is -0.159. The molecule has 1 aliphatic rings. The van der Waals surface area contributed by atoms with Crippen molar-refractivity contribution in [2.75, 3.05) is 66.6 Å². The maximum absolute atomic E-state index is 14.1. The maximum atomic E-state index is 14.1. The van der Waals surface area contributed by atoms with Gasteiger partial charge in [0, 0.05) is 31.3 Å². The van der Waals surface area contributed by atoms with E-state index in [1.165, 1.54) is 19.1 Å². The second kappa shape index (κ2) is 22.5. The molecule has 4 amide bonds. The Labute approximate surface area is 373 Å². The van der Waals surface area contributed by atoms with Crippen molar-refractivity contribution in [3.8, 4) is 17.2 Å². The molecule has 3 rings (SSSR count). The number of nitrogens with zero attached hydrogens (tertiary/aromatic N) is 4. The molecule has 1 aliphatic heterocycles. The van der Waals surface area contributed by atoms with Gasteiger partial charge in [0.25, 0.3) is 10.0 Å². The van der Waals surface area contributed by atoms with E-state index in [9.17, 15) is 37.2 Å². The number of carboxylic acids is 1. The SMILES string of the molecule is COc1ccc(CN(CCCN(CC(=O)NCC(=O)N(CC(=O)NCC(=O)O)CC(=O)OC(C)(C)C)C(=O)CN)/C(N)=N\S(=O)(=O)c2c(C)cc3c(c2C)CCC(C)(C)O3)c(OC)c1. The monoisotopic (exact) mass is 918 g/mol. The van der Waals surface area contributed by atoms with Crippen LogP contribution in [0.3, 0.4) is 0 Å². The summed E-state index contributed by atoms with van der Waals surface area (Å²) in [4.78, 5) is 78.5. The summed E-state index contributed by atoms with van der Waals surface area (Å²) < 4.78 is 54.6.